The fourth-order valence-electron chi connectivity index (χ4n) is 2.35. The second-order valence-electron chi connectivity index (χ2n) is 4.70. The van der Waals surface area contributed by atoms with Crippen molar-refractivity contribution in [3.05, 3.63) is 70.2 Å². The highest BCUT2D eigenvalue weighted by Crippen LogP contribution is 2.26. The van der Waals surface area contributed by atoms with Crippen LogP contribution in [-0.2, 0) is 0 Å². The van der Waals surface area contributed by atoms with Gasteiger partial charge in [-0.3, -0.25) is 4.79 Å². The average molecular weight is 273 g/mol. The van der Waals surface area contributed by atoms with Gasteiger partial charge in [-0.1, -0.05) is 48.9 Å². The molecule has 19 heavy (non-hydrogen) atoms. The summed E-state index contributed by atoms with van der Waals surface area (Å²) in [5, 5.41) is 0.668. The van der Waals surface area contributed by atoms with Gasteiger partial charge in [0.05, 0.1) is 0 Å². The maximum absolute atomic E-state index is 12.7. The molecular weight excluding hydrogens is 256 g/mol. The van der Waals surface area contributed by atoms with Crippen LogP contribution in [0.25, 0.3) is 0 Å². The van der Waals surface area contributed by atoms with Gasteiger partial charge in [0.15, 0.2) is 5.78 Å². The first kappa shape index (κ1) is 13.8. The lowest BCUT2D eigenvalue weighted by molar-refractivity contribution is 0.0956. The number of hydrogen-bond acceptors (Lipinski definition) is 1. The minimum Gasteiger partial charge on any atom is -0.293 e. The average Bonchev–Trinajstić information content (AvgIpc) is 2.40. The molecule has 0 bridgehead atoms. The van der Waals surface area contributed by atoms with Crippen molar-refractivity contribution in [1.29, 1.82) is 0 Å². The number of benzene rings is 2. The third kappa shape index (κ3) is 3.05. The summed E-state index contributed by atoms with van der Waals surface area (Å²) in [6.07, 6.45) is 0.797. The summed E-state index contributed by atoms with van der Waals surface area (Å²) in [4.78, 5) is 12.7. The molecule has 0 N–H and O–H groups in total. The molecule has 98 valence electrons. The molecule has 2 rings (SSSR count). The molecule has 1 unspecified atom stereocenters. The SMILES string of the molecule is CCC(C(=O)c1ccc(Cl)cc1C)c1ccccc1. The molecule has 0 radical (unpaired) electrons. The van der Waals surface area contributed by atoms with Gasteiger partial charge in [0.2, 0.25) is 0 Å². The Morgan fingerprint density at radius 1 is 1.16 bits per heavy atom. The van der Waals surface area contributed by atoms with E-state index in [9.17, 15) is 4.79 Å². The molecule has 0 heterocycles. The lowest BCUT2D eigenvalue weighted by Gasteiger charge is -2.15. The van der Waals surface area contributed by atoms with Crippen molar-refractivity contribution in [2.24, 2.45) is 0 Å². The summed E-state index contributed by atoms with van der Waals surface area (Å²) in [7, 11) is 0. The van der Waals surface area contributed by atoms with Gasteiger partial charge < -0.3 is 0 Å². The number of carbonyl (C=O) groups is 1. The summed E-state index contributed by atoms with van der Waals surface area (Å²) < 4.78 is 0. The smallest absolute Gasteiger partial charge is 0.170 e. The van der Waals surface area contributed by atoms with Crippen LogP contribution in [-0.4, -0.2) is 5.78 Å². The van der Waals surface area contributed by atoms with Gasteiger partial charge in [0, 0.05) is 16.5 Å². The minimum atomic E-state index is -0.0823. The van der Waals surface area contributed by atoms with Crippen molar-refractivity contribution < 1.29 is 4.79 Å². The molecule has 2 aromatic rings. The van der Waals surface area contributed by atoms with Crippen LogP contribution in [0.5, 0.6) is 0 Å². The largest absolute Gasteiger partial charge is 0.293 e. The minimum absolute atomic E-state index is 0.0823. The van der Waals surface area contributed by atoms with E-state index >= 15 is 0 Å². The van der Waals surface area contributed by atoms with E-state index in [0.29, 0.717) is 5.02 Å². The summed E-state index contributed by atoms with van der Waals surface area (Å²) in [5.74, 6) is 0.0870. The number of aryl methyl sites for hydroxylation is 1. The van der Waals surface area contributed by atoms with Gasteiger partial charge >= 0.3 is 0 Å². The van der Waals surface area contributed by atoms with Crippen LogP contribution in [0, 0.1) is 6.92 Å². The van der Waals surface area contributed by atoms with E-state index in [2.05, 4.69) is 0 Å². The Balaban J connectivity index is 2.36. The maximum atomic E-state index is 12.7. The van der Waals surface area contributed by atoms with Crippen LogP contribution in [0.1, 0.15) is 40.7 Å². The molecule has 0 aliphatic carbocycles. The zero-order valence-electron chi connectivity index (χ0n) is 11.2. The van der Waals surface area contributed by atoms with E-state index in [1.165, 1.54) is 0 Å². The number of halogens is 1. The molecule has 1 atom stereocenters. The molecular formula is C17H17ClO. The Morgan fingerprint density at radius 3 is 2.42 bits per heavy atom. The quantitative estimate of drug-likeness (QED) is 0.714. The topological polar surface area (TPSA) is 17.1 Å². The number of rotatable bonds is 4. The number of carbonyl (C=O) groups excluding carboxylic acids is 1. The highest BCUT2D eigenvalue weighted by Gasteiger charge is 2.21. The van der Waals surface area contributed by atoms with E-state index < -0.39 is 0 Å². The van der Waals surface area contributed by atoms with Gasteiger partial charge in [-0.25, -0.2) is 0 Å². The van der Waals surface area contributed by atoms with Gasteiger partial charge in [0.25, 0.3) is 0 Å². The molecule has 0 saturated heterocycles. The highest BCUT2D eigenvalue weighted by atomic mass is 35.5. The number of hydrogen-bond donors (Lipinski definition) is 0. The fraction of sp³-hybridized carbons (Fsp3) is 0.235. The maximum Gasteiger partial charge on any atom is 0.170 e. The summed E-state index contributed by atoms with van der Waals surface area (Å²) in [6, 6.07) is 15.4. The summed E-state index contributed by atoms with van der Waals surface area (Å²) in [5.41, 5.74) is 2.77. The zero-order chi connectivity index (χ0) is 13.8. The molecule has 0 aliphatic heterocycles. The lowest BCUT2D eigenvalue weighted by Crippen LogP contribution is -2.13. The van der Waals surface area contributed by atoms with Crippen LogP contribution in [0.4, 0.5) is 0 Å². The zero-order valence-corrected chi connectivity index (χ0v) is 11.9. The first-order chi connectivity index (χ1) is 9.13. The van der Waals surface area contributed by atoms with Gasteiger partial charge in [-0.15, -0.1) is 0 Å². The lowest BCUT2D eigenvalue weighted by atomic mass is 9.87. The van der Waals surface area contributed by atoms with E-state index in [4.69, 9.17) is 11.6 Å². The van der Waals surface area contributed by atoms with Gasteiger partial charge in [-0.05, 0) is 42.7 Å². The van der Waals surface area contributed by atoms with Crippen molar-refractivity contribution in [3.8, 4) is 0 Å². The molecule has 0 aromatic heterocycles. The normalized spacial score (nSPS) is 12.2. The Kier molecular flexibility index (Phi) is 4.39. The van der Waals surface area contributed by atoms with E-state index in [1.807, 2.05) is 56.3 Å². The van der Waals surface area contributed by atoms with Crippen molar-refractivity contribution >= 4 is 17.4 Å². The molecule has 0 spiro atoms. The third-order valence-electron chi connectivity index (χ3n) is 3.38. The molecule has 2 aromatic carbocycles. The molecule has 0 aliphatic rings. The second kappa shape index (κ2) is 6.03. The Hall–Kier alpha value is -1.60. The third-order valence-corrected chi connectivity index (χ3v) is 3.62. The van der Waals surface area contributed by atoms with E-state index in [0.717, 1.165) is 23.1 Å². The molecule has 0 saturated carbocycles. The summed E-state index contributed by atoms with van der Waals surface area (Å²) >= 11 is 5.94. The Morgan fingerprint density at radius 2 is 1.84 bits per heavy atom. The van der Waals surface area contributed by atoms with Crippen LogP contribution < -0.4 is 0 Å². The number of Topliss-reactive ketones (excluding diaryl/α,β-unsaturated/α-hetero) is 1. The first-order valence-electron chi connectivity index (χ1n) is 6.48. The van der Waals surface area contributed by atoms with Gasteiger partial charge in [-0.2, -0.15) is 0 Å². The predicted molar refractivity (Wildman–Crippen MR) is 80.0 cm³/mol. The first-order valence-corrected chi connectivity index (χ1v) is 6.86. The molecule has 2 heteroatoms. The number of ketones is 1. The van der Waals surface area contributed by atoms with E-state index in [-0.39, 0.29) is 11.7 Å². The molecule has 0 fully saturated rings. The molecule has 0 amide bonds. The van der Waals surface area contributed by atoms with Crippen molar-refractivity contribution in [3.63, 3.8) is 0 Å². The standard InChI is InChI=1S/C17H17ClO/c1-3-15(13-7-5-4-6-8-13)17(19)16-10-9-14(18)11-12(16)2/h4-11,15H,3H2,1-2H3. The van der Waals surface area contributed by atoms with Crippen molar-refractivity contribution in [2.75, 3.05) is 0 Å². The Bertz CT molecular complexity index is 575. The second-order valence-corrected chi connectivity index (χ2v) is 5.13. The monoisotopic (exact) mass is 272 g/mol. The molecule has 1 nitrogen and oxygen atoms in total. The van der Waals surface area contributed by atoms with Gasteiger partial charge in [0.1, 0.15) is 0 Å². The summed E-state index contributed by atoms with van der Waals surface area (Å²) in [6.45, 7) is 3.97. The predicted octanol–water partition coefficient (Wildman–Crippen LogP) is 5.02. The van der Waals surface area contributed by atoms with Crippen molar-refractivity contribution in [2.45, 2.75) is 26.2 Å². The van der Waals surface area contributed by atoms with Crippen LogP contribution in [0.15, 0.2) is 48.5 Å². The van der Waals surface area contributed by atoms with Crippen LogP contribution >= 0.6 is 11.6 Å². The van der Waals surface area contributed by atoms with Crippen molar-refractivity contribution in [1.82, 2.24) is 0 Å². The van der Waals surface area contributed by atoms with Crippen LogP contribution in [0.2, 0.25) is 5.02 Å². The highest BCUT2D eigenvalue weighted by molar-refractivity contribution is 6.30. The Labute approximate surface area is 119 Å². The van der Waals surface area contributed by atoms with Crippen LogP contribution in [0.3, 0.4) is 0 Å². The van der Waals surface area contributed by atoms with E-state index in [1.54, 1.807) is 6.07 Å². The fourth-order valence-corrected chi connectivity index (χ4v) is 2.58.